The fourth-order valence-corrected chi connectivity index (χ4v) is 2.61. The molecule has 0 amide bonds. The van der Waals surface area contributed by atoms with E-state index in [1.807, 2.05) is 13.8 Å². The molecule has 6 nitrogen and oxygen atoms in total. The molecule has 0 saturated carbocycles. The average molecular weight is 281 g/mol. The number of H-pyrrole nitrogens is 1. The van der Waals surface area contributed by atoms with Gasteiger partial charge in [-0.1, -0.05) is 13.3 Å². The van der Waals surface area contributed by atoms with E-state index in [1.165, 1.54) is 11.3 Å². The Morgan fingerprint density at radius 1 is 1.47 bits per heavy atom. The normalized spacial score (nSPS) is 10.8. The number of hydrogen-bond donors (Lipinski definition) is 2. The van der Waals surface area contributed by atoms with Crippen LogP contribution in [0.2, 0.25) is 0 Å². The molecule has 0 aromatic carbocycles. The Morgan fingerprint density at radius 3 is 2.79 bits per heavy atom. The van der Waals surface area contributed by atoms with Crippen LogP contribution in [0.25, 0.3) is 0 Å². The first-order chi connectivity index (χ1) is 9.02. The van der Waals surface area contributed by atoms with Crippen LogP contribution in [0.4, 0.5) is 0 Å². The van der Waals surface area contributed by atoms with Crippen LogP contribution in [0, 0.1) is 6.92 Å². The second-order valence-electron chi connectivity index (χ2n) is 4.26. The van der Waals surface area contributed by atoms with Crippen LogP contribution in [0.1, 0.15) is 28.8 Å². The van der Waals surface area contributed by atoms with Crippen molar-refractivity contribution in [2.75, 3.05) is 0 Å². The maximum Gasteiger partial charge on any atom is 0.331 e. The number of nitrogens with one attached hydrogen (secondary N) is 1. The Labute approximate surface area is 113 Å². The number of rotatable bonds is 4. The van der Waals surface area contributed by atoms with Gasteiger partial charge in [0.15, 0.2) is 0 Å². The predicted octanol–water partition coefficient (Wildman–Crippen LogP) is 1.01. The highest BCUT2D eigenvalue weighted by Gasteiger charge is 2.14. The quantitative estimate of drug-likeness (QED) is 0.875. The van der Waals surface area contributed by atoms with E-state index in [0.29, 0.717) is 17.8 Å². The second-order valence-corrected chi connectivity index (χ2v) is 5.58. The molecule has 102 valence electrons. The molecule has 0 atom stereocenters. The maximum atomic E-state index is 11.8. The highest BCUT2D eigenvalue weighted by molar-refractivity contribution is 7.11. The minimum absolute atomic E-state index is 0.163. The topological polar surface area (TPSA) is 88.0 Å². The van der Waals surface area contributed by atoms with E-state index in [1.54, 1.807) is 6.20 Å². The standard InChI is InChI=1S/C12H15N3O3S/c1-3-4-8-10(16)14-12(18)15(11(8)17)6-9-13-5-7(2)19-9/h5,17H,3-4,6H2,1-2H3,(H,14,16,18). The number of thiazole rings is 1. The molecule has 2 rings (SSSR count). The van der Waals surface area contributed by atoms with Gasteiger partial charge in [0.05, 0.1) is 12.1 Å². The minimum Gasteiger partial charge on any atom is -0.494 e. The van der Waals surface area contributed by atoms with Gasteiger partial charge in [-0.15, -0.1) is 11.3 Å². The number of aromatic hydroxyl groups is 1. The summed E-state index contributed by atoms with van der Waals surface area (Å²) in [7, 11) is 0. The molecule has 0 spiro atoms. The van der Waals surface area contributed by atoms with Gasteiger partial charge in [-0.2, -0.15) is 0 Å². The van der Waals surface area contributed by atoms with E-state index in [9.17, 15) is 14.7 Å². The van der Waals surface area contributed by atoms with Crippen molar-refractivity contribution in [3.63, 3.8) is 0 Å². The molecule has 2 aromatic heterocycles. The number of hydrogen-bond acceptors (Lipinski definition) is 5. The smallest absolute Gasteiger partial charge is 0.331 e. The van der Waals surface area contributed by atoms with E-state index in [2.05, 4.69) is 9.97 Å². The fourth-order valence-electron chi connectivity index (χ4n) is 1.83. The van der Waals surface area contributed by atoms with E-state index in [-0.39, 0.29) is 18.0 Å². The maximum absolute atomic E-state index is 11.8. The molecule has 2 aromatic rings. The molecule has 0 aliphatic carbocycles. The molecule has 0 saturated heterocycles. The Kier molecular flexibility index (Phi) is 3.84. The van der Waals surface area contributed by atoms with Crippen molar-refractivity contribution in [3.8, 4) is 5.88 Å². The van der Waals surface area contributed by atoms with Crippen LogP contribution in [-0.2, 0) is 13.0 Å². The third kappa shape index (κ3) is 2.76. The van der Waals surface area contributed by atoms with Crippen molar-refractivity contribution < 1.29 is 5.11 Å². The van der Waals surface area contributed by atoms with Crippen LogP contribution in [0.5, 0.6) is 5.88 Å². The molecule has 7 heteroatoms. The van der Waals surface area contributed by atoms with E-state index in [0.717, 1.165) is 9.44 Å². The zero-order valence-corrected chi connectivity index (χ0v) is 11.6. The first kappa shape index (κ1) is 13.5. The van der Waals surface area contributed by atoms with Gasteiger partial charge < -0.3 is 5.11 Å². The molecular formula is C12H15N3O3S. The zero-order chi connectivity index (χ0) is 14.0. The molecular weight excluding hydrogens is 266 g/mol. The lowest BCUT2D eigenvalue weighted by Gasteiger charge is -2.09. The van der Waals surface area contributed by atoms with Gasteiger partial charge in [0, 0.05) is 11.1 Å². The number of nitrogens with zero attached hydrogens (tertiary/aromatic N) is 2. The summed E-state index contributed by atoms with van der Waals surface area (Å²) in [6.07, 6.45) is 2.85. The number of aromatic amines is 1. The Bertz CT molecular complexity index is 699. The summed E-state index contributed by atoms with van der Waals surface area (Å²) >= 11 is 1.45. The van der Waals surface area contributed by atoms with Crippen LogP contribution >= 0.6 is 11.3 Å². The largest absolute Gasteiger partial charge is 0.494 e. The third-order valence-electron chi connectivity index (χ3n) is 2.73. The molecule has 2 heterocycles. The van der Waals surface area contributed by atoms with Crippen molar-refractivity contribution >= 4 is 11.3 Å². The van der Waals surface area contributed by atoms with E-state index in [4.69, 9.17) is 0 Å². The highest BCUT2D eigenvalue weighted by atomic mass is 32.1. The average Bonchev–Trinajstić information content (AvgIpc) is 2.76. The number of aryl methyl sites for hydroxylation is 1. The lowest BCUT2D eigenvalue weighted by Crippen LogP contribution is -2.32. The Balaban J connectivity index is 2.48. The summed E-state index contributed by atoms with van der Waals surface area (Å²) in [6, 6.07) is 0. The van der Waals surface area contributed by atoms with Crippen LogP contribution in [0.3, 0.4) is 0 Å². The summed E-state index contributed by atoms with van der Waals surface area (Å²) in [4.78, 5) is 30.8. The molecule has 0 aliphatic heterocycles. The van der Waals surface area contributed by atoms with Gasteiger partial charge in [0.25, 0.3) is 5.56 Å². The van der Waals surface area contributed by atoms with Crippen molar-refractivity contribution in [2.45, 2.75) is 33.2 Å². The van der Waals surface area contributed by atoms with Crippen molar-refractivity contribution in [1.29, 1.82) is 0 Å². The lowest BCUT2D eigenvalue weighted by atomic mass is 10.2. The van der Waals surface area contributed by atoms with Crippen LogP contribution in [-0.4, -0.2) is 19.6 Å². The van der Waals surface area contributed by atoms with Gasteiger partial charge >= 0.3 is 5.69 Å². The zero-order valence-electron chi connectivity index (χ0n) is 10.8. The SMILES string of the molecule is CCCc1c(O)n(Cc2ncc(C)s2)c(=O)[nH]c1=O. The van der Waals surface area contributed by atoms with Crippen LogP contribution < -0.4 is 11.2 Å². The molecule has 0 bridgehead atoms. The van der Waals surface area contributed by atoms with Gasteiger partial charge in [0.2, 0.25) is 5.88 Å². The van der Waals surface area contributed by atoms with Crippen molar-refractivity contribution in [2.24, 2.45) is 0 Å². The third-order valence-corrected chi connectivity index (χ3v) is 3.63. The monoisotopic (exact) mass is 281 g/mol. The van der Waals surface area contributed by atoms with Crippen LogP contribution in [0.15, 0.2) is 15.8 Å². The van der Waals surface area contributed by atoms with Crippen molar-refractivity contribution in [1.82, 2.24) is 14.5 Å². The summed E-state index contributed by atoms with van der Waals surface area (Å²) in [6.45, 7) is 3.98. The summed E-state index contributed by atoms with van der Waals surface area (Å²) in [5.74, 6) is -0.261. The lowest BCUT2D eigenvalue weighted by molar-refractivity contribution is 0.400. The predicted molar refractivity (Wildman–Crippen MR) is 72.9 cm³/mol. The van der Waals surface area contributed by atoms with Gasteiger partial charge in [0.1, 0.15) is 5.01 Å². The van der Waals surface area contributed by atoms with Crippen molar-refractivity contribution in [3.05, 3.63) is 42.5 Å². The van der Waals surface area contributed by atoms with Gasteiger partial charge in [-0.05, 0) is 13.3 Å². The molecule has 0 fully saturated rings. The fraction of sp³-hybridized carbons (Fsp3) is 0.417. The first-order valence-electron chi connectivity index (χ1n) is 5.99. The van der Waals surface area contributed by atoms with E-state index >= 15 is 0 Å². The Hall–Kier alpha value is -1.89. The van der Waals surface area contributed by atoms with Gasteiger partial charge in [-0.25, -0.2) is 9.78 Å². The molecule has 2 N–H and O–H groups in total. The second kappa shape index (κ2) is 5.40. The molecule has 0 aliphatic rings. The Morgan fingerprint density at radius 2 is 2.21 bits per heavy atom. The van der Waals surface area contributed by atoms with Gasteiger partial charge in [-0.3, -0.25) is 14.3 Å². The number of aromatic nitrogens is 3. The summed E-state index contributed by atoms with van der Waals surface area (Å²) in [5, 5.41) is 10.8. The molecule has 19 heavy (non-hydrogen) atoms. The molecule has 0 radical (unpaired) electrons. The van der Waals surface area contributed by atoms with E-state index < -0.39 is 11.2 Å². The highest BCUT2D eigenvalue weighted by Crippen LogP contribution is 2.16. The summed E-state index contributed by atoms with van der Waals surface area (Å²) < 4.78 is 1.14. The minimum atomic E-state index is -0.616. The molecule has 0 unspecified atom stereocenters. The summed E-state index contributed by atoms with van der Waals surface area (Å²) in [5.41, 5.74) is -0.887. The first-order valence-corrected chi connectivity index (χ1v) is 6.80.